The number of rotatable bonds is 5. The topological polar surface area (TPSA) is 103 Å². The molecule has 0 fully saturated rings. The van der Waals surface area contributed by atoms with E-state index in [-0.39, 0.29) is 31.4 Å². The molecule has 0 aliphatic carbocycles. The average molecular weight is 299 g/mol. The van der Waals surface area contributed by atoms with Gasteiger partial charge in [0.05, 0.1) is 25.8 Å². The second kappa shape index (κ2) is 7.46. The number of nitrogens with two attached hydrogens (primary N) is 1. The van der Waals surface area contributed by atoms with E-state index in [4.69, 9.17) is 15.0 Å². The van der Waals surface area contributed by atoms with Crippen molar-refractivity contribution in [3.05, 3.63) is 30.2 Å². The Morgan fingerprint density at radius 1 is 1.45 bits per heavy atom. The summed E-state index contributed by atoms with van der Waals surface area (Å²) in [4.78, 5) is 15.2. The number of nitrogens with one attached hydrogen (secondary N) is 1. The number of para-hydroxylation sites is 1. The fourth-order valence-corrected chi connectivity index (χ4v) is 1.51. The maximum Gasteiger partial charge on any atom is 0.246 e. The second-order valence-corrected chi connectivity index (χ2v) is 3.69. The van der Waals surface area contributed by atoms with Crippen molar-refractivity contribution in [2.45, 2.75) is 6.54 Å². The number of nitrogens with zero attached hydrogens (tertiary/aromatic N) is 2. The van der Waals surface area contributed by atoms with Gasteiger partial charge in [-0.2, -0.15) is 4.98 Å². The molecule has 0 radical (unpaired) electrons. The molecule has 108 valence electrons. The first-order valence-electron chi connectivity index (χ1n) is 5.67. The van der Waals surface area contributed by atoms with Gasteiger partial charge in [-0.05, 0) is 12.1 Å². The minimum atomic E-state index is -0.281. The van der Waals surface area contributed by atoms with E-state index in [1.54, 1.807) is 7.11 Å². The average Bonchev–Trinajstić information content (AvgIpc) is 2.93. The molecule has 0 aliphatic heterocycles. The van der Waals surface area contributed by atoms with E-state index in [9.17, 15) is 4.79 Å². The van der Waals surface area contributed by atoms with Crippen LogP contribution in [0.1, 0.15) is 5.89 Å². The number of benzene rings is 1. The van der Waals surface area contributed by atoms with Crippen molar-refractivity contribution in [3.63, 3.8) is 0 Å². The molecule has 2 aromatic rings. The number of halogens is 1. The first-order valence-corrected chi connectivity index (χ1v) is 5.67. The van der Waals surface area contributed by atoms with Gasteiger partial charge in [0.15, 0.2) is 0 Å². The molecular formula is C12H15ClN4O3. The van der Waals surface area contributed by atoms with Gasteiger partial charge in [-0.3, -0.25) is 4.79 Å². The van der Waals surface area contributed by atoms with E-state index in [1.165, 1.54) is 0 Å². The molecule has 2 rings (SSSR count). The van der Waals surface area contributed by atoms with Crippen LogP contribution in [-0.4, -0.2) is 29.7 Å². The molecule has 1 aromatic heterocycles. The van der Waals surface area contributed by atoms with E-state index in [2.05, 4.69) is 15.5 Å². The van der Waals surface area contributed by atoms with Crippen molar-refractivity contribution in [1.82, 2.24) is 15.5 Å². The highest BCUT2D eigenvalue weighted by Crippen LogP contribution is 2.26. The van der Waals surface area contributed by atoms with Crippen LogP contribution in [0, 0.1) is 0 Å². The van der Waals surface area contributed by atoms with Gasteiger partial charge in [0, 0.05) is 0 Å². The van der Waals surface area contributed by atoms with Crippen molar-refractivity contribution < 1.29 is 14.1 Å². The minimum Gasteiger partial charge on any atom is -0.496 e. The number of ether oxygens (including phenoxy) is 1. The lowest BCUT2D eigenvalue weighted by Gasteiger charge is -2.03. The number of aromatic nitrogens is 2. The fourth-order valence-electron chi connectivity index (χ4n) is 1.51. The van der Waals surface area contributed by atoms with Crippen LogP contribution in [0.4, 0.5) is 0 Å². The van der Waals surface area contributed by atoms with Gasteiger partial charge in [0.2, 0.25) is 17.6 Å². The van der Waals surface area contributed by atoms with Gasteiger partial charge in [-0.1, -0.05) is 17.3 Å². The molecule has 0 saturated heterocycles. The number of carbonyl (C=O) groups is 1. The summed E-state index contributed by atoms with van der Waals surface area (Å²) >= 11 is 0. The van der Waals surface area contributed by atoms with E-state index in [0.29, 0.717) is 17.5 Å². The zero-order chi connectivity index (χ0) is 13.7. The lowest BCUT2D eigenvalue weighted by atomic mass is 10.2. The SMILES string of the molecule is COc1ccccc1-c1noc(CNC(=O)CN)n1.Cl. The molecule has 0 spiro atoms. The van der Waals surface area contributed by atoms with Gasteiger partial charge < -0.3 is 20.3 Å². The summed E-state index contributed by atoms with van der Waals surface area (Å²) in [6.45, 7) is 0.0751. The fraction of sp³-hybridized carbons (Fsp3) is 0.250. The normalized spacial score (nSPS) is 9.70. The van der Waals surface area contributed by atoms with Crippen molar-refractivity contribution in [1.29, 1.82) is 0 Å². The molecule has 20 heavy (non-hydrogen) atoms. The van der Waals surface area contributed by atoms with E-state index >= 15 is 0 Å². The molecule has 1 aromatic carbocycles. The Hall–Kier alpha value is -2.12. The third-order valence-electron chi connectivity index (χ3n) is 2.44. The Kier molecular flexibility index (Phi) is 5.95. The highest BCUT2D eigenvalue weighted by molar-refractivity contribution is 5.85. The van der Waals surface area contributed by atoms with Gasteiger partial charge >= 0.3 is 0 Å². The molecule has 0 saturated carbocycles. The molecule has 1 heterocycles. The second-order valence-electron chi connectivity index (χ2n) is 3.69. The van der Waals surface area contributed by atoms with Crippen molar-refractivity contribution in [2.24, 2.45) is 5.73 Å². The van der Waals surface area contributed by atoms with Gasteiger partial charge in [0.25, 0.3) is 0 Å². The van der Waals surface area contributed by atoms with Crippen molar-refractivity contribution in [3.8, 4) is 17.1 Å². The van der Waals surface area contributed by atoms with Crippen LogP contribution >= 0.6 is 12.4 Å². The zero-order valence-corrected chi connectivity index (χ0v) is 11.6. The Morgan fingerprint density at radius 3 is 2.90 bits per heavy atom. The monoisotopic (exact) mass is 298 g/mol. The summed E-state index contributed by atoms with van der Waals surface area (Å²) in [6.07, 6.45) is 0. The minimum absolute atomic E-state index is 0. The van der Waals surface area contributed by atoms with Crippen LogP contribution in [0.2, 0.25) is 0 Å². The molecule has 0 atom stereocenters. The first-order chi connectivity index (χ1) is 9.24. The van der Waals surface area contributed by atoms with Gasteiger partial charge in [-0.15, -0.1) is 12.4 Å². The Balaban J connectivity index is 0.00000200. The maximum atomic E-state index is 11.0. The van der Waals surface area contributed by atoms with Crippen LogP contribution in [0.15, 0.2) is 28.8 Å². The van der Waals surface area contributed by atoms with Gasteiger partial charge in [0.1, 0.15) is 5.75 Å². The Labute approximate surface area is 121 Å². The number of amides is 1. The van der Waals surface area contributed by atoms with E-state index in [1.807, 2.05) is 24.3 Å². The smallest absolute Gasteiger partial charge is 0.246 e. The molecule has 0 bridgehead atoms. The molecular weight excluding hydrogens is 284 g/mol. The zero-order valence-electron chi connectivity index (χ0n) is 10.8. The largest absolute Gasteiger partial charge is 0.496 e. The number of methoxy groups -OCH3 is 1. The standard InChI is InChI=1S/C12H14N4O3.ClH/c1-18-9-5-3-2-4-8(9)12-15-11(19-16-12)7-14-10(17)6-13;/h2-5H,6-7,13H2,1H3,(H,14,17);1H. The Morgan fingerprint density at radius 2 is 2.20 bits per heavy atom. The van der Waals surface area contributed by atoms with Crippen LogP contribution < -0.4 is 15.8 Å². The summed E-state index contributed by atoms with van der Waals surface area (Å²) in [5.41, 5.74) is 5.90. The highest BCUT2D eigenvalue weighted by Gasteiger charge is 2.12. The molecule has 7 nitrogen and oxygen atoms in total. The van der Waals surface area contributed by atoms with Crippen LogP contribution in [0.5, 0.6) is 5.75 Å². The van der Waals surface area contributed by atoms with Crippen LogP contribution in [-0.2, 0) is 11.3 Å². The highest BCUT2D eigenvalue weighted by atomic mass is 35.5. The Bertz CT molecular complexity index is 573. The predicted octanol–water partition coefficient (Wildman–Crippen LogP) is 0.742. The third kappa shape index (κ3) is 3.69. The molecule has 0 unspecified atom stereocenters. The third-order valence-corrected chi connectivity index (χ3v) is 2.44. The van der Waals surface area contributed by atoms with Crippen molar-refractivity contribution >= 4 is 18.3 Å². The van der Waals surface area contributed by atoms with E-state index in [0.717, 1.165) is 5.56 Å². The summed E-state index contributed by atoms with van der Waals surface area (Å²) < 4.78 is 10.3. The van der Waals surface area contributed by atoms with Crippen molar-refractivity contribution in [2.75, 3.05) is 13.7 Å². The van der Waals surface area contributed by atoms with Gasteiger partial charge in [-0.25, -0.2) is 0 Å². The molecule has 1 amide bonds. The number of hydrogen-bond acceptors (Lipinski definition) is 6. The van der Waals surface area contributed by atoms with E-state index < -0.39 is 0 Å². The van der Waals surface area contributed by atoms with Crippen LogP contribution in [0.3, 0.4) is 0 Å². The maximum absolute atomic E-state index is 11.0. The molecule has 8 heteroatoms. The number of hydrogen-bond donors (Lipinski definition) is 2. The summed E-state index contributed by atoms with van der Waals surface area (Å²) in [7, 11) is 1.57. The lowest BCUT2D eigenvalue weighted by Crippen LogP contribution is -2.29. The predicted molar refractivity (Wildman–Crippen MR) is 74.4 cm³/mol. The summed E-state index contributed by atoms with van der Waals surface area (Å²) in [6, 6.07) is 7.34. The number of carbonyl (C=O) groups excluding carboxylic acids is 1. The molecule has 3 N–H and O–H groups in total. The summed E-state index contributed by atoms with van der Waals surface area (Å²) in [5, 5.41) is 6.40. The lowest BCUT2D eigenvalue weighted by molar-refractivity contribution is -0.120. The first kappa shape index (κ1) is 15.9. The molecule has 0 aliphatic rings. The summed E-state index contributed by atoms with van der Waals surface area (Å²) in [5.74, 6) is 1.09. The van der Waals surface area contributed by atoms with Crippen LogP contribution in [0.25, 0.3) is 11.4 Å². The quantitative estimate of drug-likeness (QED) is 0.844.